The van der Waals surface area contributed by atoms with Crippen LogP contribution in [0.15, 0.2) is 235 Å². The number of hydrogen-bond donors (Lipinski definition) is 0. The van der Waals surface area contributed by atoms with E-state index in [1.54, 1.807) is 0 Å². The van der Waals surface area contributed by atoms with E-state index in [1.165, 1.54) is 44.1 Å². The summed E-state index contributed by atoms with van der Waals surface area (Å²) in [7, 11) is 0. The van der Waals surface area contributed by atoms with Gasteiger partial charge in [0.05, 0.1) is 22.1 Å². The Morgan fingerprint density at radius 1 is 0.361 bits per heavy atom. The van der Waals surface area contributed by atoms with Crippen LogP contribution in [0.1, 0.15) is 0 Å². The first kappa shape index (κ1) is 34.9. The fraction of sp³-hybridized carbons (Fsp3) is 0. The minimum absolute atomic E-state index is 0.859. The number of nitrogens with zero attached hydrogens (tertiary/aromatic N) is 2. The molecule has 0 saturated heterocycles. The van der Waals surface area contributed by atoms with Crippen molar-refractivity contribution >= 4 is 71.6 Å². The molecule has 0 aliphatic rings. The highest BCUT2D eigenvalue weighted by atomic mass is 16.3. The zero-order valence-electron chi connectivity index (χ0n) is 33.2. The van der Waals surface area contributed by atoms with Gasteiger partial charge in [0.25, 0.3) is 0 Å². The SMILES string of the molecule is c1ccc(-c2cccc(-c3ccc(N(c4cccc(-c5cccc6c5c5ccccc5n6-c5ccccc5)c4)c4cccc5oc6c7ccccc7ccc6c45)cc3)c2)cc1. The molecule has 61 heavy (non-hydrogen) atoms. The molecule has 0 N–H and O–H groups in total. The van der Waals surface area contributed by atoms with Gasteiger partial charge in [-0.3, -0.25) is 0 Å². The van der Waals surface area contributed by atoms with Gasteiger partial charge in [-0.2, -0.15) is 0 Å². The van der Waals surface area contributed by atoms with E-state index in [2.05, 4.69) is 240 Å². The summed E-state index contributed by atoms with van der Waals surface area (Å²) in [6.07, 6.45) is 0. The Kier molecular flexibility index (Phi) is 8.17. The molecule has 0 aliphatic carbocycles. The maximum absolute atomic E-state index is 6.74. The van der Waals surface area contributed by atoms with Gasteiger partial charge in [0, 0.05) is 38.6 Å². The Labute approximate surface area is 353 Å². The van der Waals surface area contributed by atoms with Crippen LogP contribution < -0.4 is 4.90 Å². The highest BCUT2D eigenvalue weighted by molar-refractivity contribution is 6.20. The van der Waals surface area contributed by atoms with Gasteiger partial charge in [0.2, 0.25) is 0 Å². The van der Waals surface area contributed by atoms with E-state index in [9.17, 15) is 0 Å². The van der Waals surface area contributed by atoms with E-state index >= 15 is 0 Å². The van der Waals surface area contributed by atoms with Gasteiger partial charge in [0.1, 0.15) is 11.2 Å². The molecule has 12 rings (SSSR count). The van der Waals surface area contributed by atoms with Crippen LogP contribution in [0, 0.1) is 0 Å². The molecule has 0 saturated carbocycles. The van der Waals surface area contributed by atoms with Crippen molar-refractivity contribution in [1.82, 2.24) is 4.57 Å². The summed E-state index contributed by atoms with van der Waals surface area (Å²) in [4.78, 5) is 2.40. The summed E-state index contributed by atoms with van der Waals surface area (Å²) in [6, 6.07) is 82.8. The van der Waals surface area contributed by atoms with Crippen LogP contribution in [0.5, 0.6) is 0 Å². The molecule has 0 fully saturated rings. The predicted molar refractivity (Wildman–Crippen MR) is 257 cm³/mol. The highest BCUT2D eigenvalue weighted by Gasteiger charge is 2.22. The average molecular weight is 779 g/mol. The lowest BCUT2D eigenvalue weighted by Crippen LogP contribution is -2.10. The van der Waals surface area contributed by atoms with Gasteiger partial charge in [-0.05, 0) is 112 Å². The van der Waals surface area contributed by atoms with Crippen molar-refractivity contribution in [3.63, 3.8) is 0 Å². The number of para-hydroxylation sites is 2. The molecule has 2 aromatic heterocycles. The lowest BCUT2D eigenvalue weighted by molar-refractivity contribution is 0.672. The maximum Gasteiger partial charge on any atom is 0.143 e. The number of fused-ring (bicyclic) bond motifs is 8. The third-order valence-electron chi connectivity index (χ3n) is 12.2. The minimum Gasteiger partial charge on any atom is -0.455 e. The van der Waals surface area contributed by atoms with Crippen LogP contribution in [0.3, 0.4) is 0 Å². The summed E-state index contributed by atoms with van der Waals surface area (Å²) in [5, 5.41) is 6.92. The molecule has 0 unspecified atom stereocenters. The third kappa shape index (κ3) is 5.82. The smallest absolute Gasteiger partial charge is 0.143 e. The number of hydrogen-bond acceptors (Lipinski definition) is 2. The minimum atomic E-state index is 0.859. The molecule has 0 spiro atoms. The zero-order chi connectivity index (χ0) is 40.3. The normalized spacial score (nSPS) is 11.6. The van der Waals surface area contributed by atoms with Crippen molar-refractivity contribution in [3.05, 3.63) is 231 Å². The van der Waals surface area contributed by atoms with Crippen molar-refractivity contribution < 1.29 is 4.42 Å². The first-order valence-corrected chi connectivity index (χ1v) is 20.8. The molecular weight excluding hydrogens is 741 g/mol. The van der Waals surface area contributed by atoms with E-state index in [-0.39, 0.29) is 0 Å². The second-order valence-electron chi connectivity index (χ2n) is 15.7. The van der Waals surface area contributed by atoms with Crippen molar-refractivity contribution in [2.45, 2.75) is 0 Å². The molecule has 0 radical (unpaired) electrons. The molecule has 0 bridgehead atoms. The molecule has 286 valence electrons. The lowest BCUT2D eigenvalue weighted by atomic mass is 9.97. The summed E-state index contributed by atoms with van der Waals surface area (Å²) >= 11 is 0. The highest BCUT2D eigenvalue weighted by Crippen LogP contribution is 2.46. The summed E-state index contributed by atoms with van der Waals surface area (Å²) in [5.41, 5.74) is 15.5. The van der Waals surface area contributed by atoms with Crippen molar-refractivity contribution in [3.8, 4) is 39.1 Å². The second-order valence-corrected chi connectivity index (χ2v) is 15.7. The number of benzene rings is 10. The first-order chi connectivity index (χ1) is 30.3. The Balaban J connectivity index is 1.05. The number of aromatic nitrogens is 1. The number of furan rings is 1. The van der Waals surface area contributed by atoms with Crippen LogP contribution in [0.4, 0.5) is 17.1 Å². The second kappa shape index (κ2) is 14.3. The summed E-state index contributed by atoms with van der Waals surface area (Å²) in [5.74, 6) is 0. The van der Waals surface area contributed by atoms with Crippen molar-refractivity contribution in [2.24, 2.45) is 0 Å². The van der Waals surface area contributed by atoms with Gasteiger partial charge in [-0.15, -0.1) is 0 Å². The van der Waals surface area contributed by atoms with Crippen LogP contribution >= 0.6 is 0 Å². The van der Waals surface area contributed by atoms with E-state index in [4.69, 9.17) is 4.42 Å². The fourth-order valence-corrected chi connectivity index (χ4v) is 9.39. The maximum atomic E-state index is 6.74. The quantitative estimate of drug-likeness (QED) is 0.161. The molecule has 12 aromatic rings. The molecule has 2 heterocycles. The number of rotatable bonds is 7. The van der Waals surface area contributed by atoms with Crippen molar-refractivity contribution in [2.75, 3.05) is 4.90 Å². The largest absolute Gasteiger partial charge is 0.455 e. The van der Waals surface area contributed by atoms with Gasteiger partial charge < -0.3 is 13.9 Å². The Hall–Kier alpha value is -8.14. The molecule has 0 aliphatic heterocycles. The third-order valence-corrected chi connectivity index (χ3v) is 12.2. The summed E-state index contributed by atoms with van der Waals surface area (Å²) in [6.45, 7) is 0. The predicted octanol–water partition coefficient (Wildman–Crippen LogP) is 16.3. The van der Waals surface area contributed by atoms with Gasteiger partial charge >= 0.3 is 0 Å². The van der Waals surface area contributed by atoms with Gasteiger partial charge in [-0.25, -0.2) is 0 Å². The van der Waals surface area contributed by atoms with Crippen LogP contribution in [-0.4, -0.2) is 4.57 Å². The zero-order valence-corrected chi connectivity index (χ0v) is 33.2. The first-order valence-electron chi connectivity index (χ1n) is 20.8. The molecule has 10 aromatic carbocycles. The fourth-order valence-electron chi connectivity index (χ4n) is 9.39. The molecule has 3 heteroatoms. The molecule has 0 atom stereocenters. The summed E-state index contributed by atoms with van der Waals surface area (Å²) < 4.78 is 9.13. The molecule has 3 nitrogen and oxygen atoms in total. The van der Waals surface area contributed by atoms with E-state index in [0.29, 0.717) is 0 Å². The topological polar surface area (TPSA) is 21.3 Å². The van der Waals surface area contributed by atoms with E-state index in [1.807, 2.05) is 0 Å². The van der Waals surface area contributed by atoms with Crippen LogP contribution in [0.25, 0.3) is 93.6 Å². The van der Waals surface area contributed by atoms with Gasteiger partial charge in [-0.1, -0.05) is 158 Å². The lowest BCUT2D eigenvalue weighted by Gasteiger charge is -2.27. The van der Waals surface area contributed by atoms with Crippen LogP contribution in [0.2, 0.25) is 0 Å². The average Bonchev–Trinajstić information content (AvgIpc) is 3.90. The monoisotopic (exact) mass is 778 g/mol. The van der Waals surface area contributed by atoms with E-state index in [0.717, 1.165) is 66.6 Å². The van der Waals surface area contributed by atoms with Crippen LogP contribution in [-0.2, 0) is 0 Å². The van der Waals surface area contributed by atoms with E-state index < -0.39 is 0 Å². The standard InChI is InChI=1S/C58H38N2O/c1-3-15-39(16-4-1)42-18-11-19-43(37-42)40-31-34-46(35-32-40)59(54-29-14-30-55-57(54)51-36-33-41-17-7-8-24-49(41)58(51)61-55)47-23-12-20-44(38-47)48-26-13-28-53-56(48)50-25-9-10-27-52(50)60(53)45-21-5-2-6-22-45/h1-38H. The Morgan fingerprint density at radius 3 is 1.84 bits per heavy atom. The van der Waals surface area contributed by atoms with Gasteiger partial charge in [0.15, 0.2) is 0 Å². The Morgan fingerprint density at radius 2 is 1.00 bits per heavy atom. The van der Waals surface area contributed by atoms with Crippen molar-refractivity contribution in [1.29, 1.82) is 0 Å². The number of anilines is 3. The molecular formula is C58H38N2O. The molecule has 0 amide bonds. The Bertz CT molecular complexity index is 3580.